The van der Waals surface area contributed by atoms with E-state index in [1.807, 2.05) is 12.1 Å². The number of aromatic nitrogens is 4. The van der Waals surface area contributed by atoms with E-state index in [9.17, 15) is 13.2 Å². The molecule has 2 aromatic rings. The molecule has 1 saturated heterocycles. The molecule has 0 unspecified atom stereocenters. The van der Waals surface area contributed by atoms with Gasteiger partial charge < -0.3 is 5.32 Å². The van der Waals surface area contributed by atoms with Gasteiger partial charge in [0.15, 0.2) is 20.8 Å². The molecule has 1 amide bonds. The lowest BCUT2D eigenvalue weighted by molar-refractivity contribution is -0.119. The van der Waals surface area contributed by atoms with E-state index < -0.39 is 9.84 Å². The van der Waals surface area contributed by atoms with E-state index in [2.05, 4.69) is 25.1 Å². The van der Waals surface area contributed by atoms with Crippen LogP contribution >= 0.6 is 11.8 Å². The van der Waals surface area contributed by atoms with Gasteiger partial charge in [-0.05, 0) is 31.4 Å². The number of thioether (sulfide) groups is 1. The second kappa shape index (κ2) is 6.99. The summed E-state index contributed by atoms with van der Waals surface area (Å²) in [5, 5.41) is 12.1. The number of carbonyl (C=O) groups is 1. The summed E-state index contributed by atoms with van der Waals surface area (Å²) in [5.74, 6) is 0.995. The molecule has 4 rings (SSSR count). The van der Waals surface area contributed by atoms with Crippen LogP contribution in [0.1, 0.15) is 25.3 Å². The Hall–Kier alpha value is -1.94. The van der Waals surface area contributed by atoms with Crippen molar-refractivity contribution in [3.8, 4) is 11.4 Å². The molecule has 0 radical (unpaired) electrons. The van der Waals surface area contributed by atoms with E-state index in [0.29, 0.717) is 17.6 Å². The van der Waals surface area contributed by atoms with Crippen LogP contribution in [0, 0.1) is 0 Å². The van der Waals surface area contributed by atoms with Crippen LogP contribution in [0.5, 0.6) is 0 Å². The molecule has 2 fully saturated rings. The zero-order valence-corrected chi connectivity index (χ0v) is 15.7. The first-order valence-corrected chi connectivity index (χ1v) is 11.3. The third-order valence-electron chi connectivity index (χ3n) is 4.44. The first kappa shape index (κ1) is 17.5. The van der Waals surface area contributed by atoms with E-state index in [-0.39, 0.29) is 29.2 Å². The number of nitrogens with one attached hydrogen (secondary N) is 1. The van der Waals surface area contributed by atoms with E-state index >= 15 is 0 Å². The van der Waals surface area contributed by atoms with Crippen molar-refractivity contribution in [2.45, 2.75) is 36.5 Å². The van der Waals surface area contributed by atoms with E-state index in [1.165, 1.54) is 11.8 Å². The van der Waals surface area contributed by atoms with Crippen LogP contribution in [0.25, 0.3) is 11.4 Å². The van der Waals surface area contributed by atoms with E-state index in [1.54, 1.807) is 12.4 Å². The van der Waals surface area contributed by atoms with Crippen molar-refractivity contribution < 1.29 is 13.2 Å². The zero-order valence-electron chi connectivity index (χ0n) is 14.0. The Morgan fingerprint density at radius 1 is 1.23 bits per heavy atom. The van der Waals surface area contributed by atoms with Crippen molar-refractivity contribution in [3.05, 3.63) is 24.5 Å². The van der Waals surface area contributed by atoms with Crippen molar-refractivity contribution in [2.75, 3.05) is 17.3 Å². The quantitative estimate of drug-likeness (QED) is 0.732. The molecule has 10 heteroatoms. The standard InChI is InChI=1S/C16H19N5O3S2/c22-14(18-12-5-8-26(23,24)10-12)9-25-16-20-19-15(21(16)13-1-2-13)11-3-6-17-7-4-11/h3-4,6-7,12-13H,1-2,5,8-10H2,(H,18,22)/t12-/m0/s1. The lowest BCUT2D eigenvalue weighted by Gasteiger charge is -2.11. The second-order valence-corrected chi connectivity index (χ2v) is 9.77. The summed E-state index contributed by atoms with van der Waals surface area (Å²) < 4.78 is 25.1. The number of pyridine rings is 1. The summed E-state index contributed by atoms with van der Waals surface area (Å²) in [6, 6.07) is 3.88. The highest BCUT2D eigenvalue weighted by Crippen LogP contribution is 2.40. The summed E-state index contributed by atoms with van der Waals surface area (Å²) >= 11 is 1.33. The van der Waals surface area contributed by atoms with Gasteiger partial charge in [-0.25, -0.2) is 8.42 Å². The molecule has 1 N–H and O–H groups in total. The van der Waals surface area contributed by atoms with Gasteiger partial charge in [0.05, 0.1) is 17.3 Å². The molecule has 138 valence electrons. The van der Waals surface area contributed by atoms with Gasteiger partial charge in [-0.1, -0.05) is 11.8 Å². The van der Waals surface area contributed by atoms with Gasteiger partial charge in [-0.15, -0.1) is 10.2 Å². The van der Waals surface area contributed by atoms with Gasteiger partial charge in [0.2, 0.25) is 5.91 Å². The first-order chi connectivity index (χ1) is 12.5. The maximum absolute atomic E-state index is 12.2. The Morgan fingerprint density at radius 2 is 2.00 bits per heavy atom. The lowest BCUT2D eigenvalue weighted by Crippen LogP contribution is -2.36. The third kappa shape index (κ3) is 3.90. The number of nitrogens with zero attached hydrogens (tertiary/aromatic N) is 4. The van der Waals surface area contributed by atoms with Crippen molar-refractivity contribution in [2.24, 2.45) is 0 Å². The molecule has 1 saturated carbocycles. The fraction of sp³-hybridized carbons (Fsp3) is 0.500. The minimum absolute atomic E-state index is 0.0356. The minimum atomic E-state index is -3.00. The summed E-state index contributed by atoms with van der Waals surface area (Å²) in [4.78, 5) is 16.2. The topological polar surface area (TPSA) is 107 Å². The molecule has 2 aromatic heterocycles. The molecule has 0 spiro atoms. The fourth-order valence-electron chi connectivity index (χ4n) is 3.04. The maximum atomic E-state index is 12.2. The fourth-order valence-corrected chi connectivity index (χ4v) is 5.53. The monoisotopic (exact) mass is 393 g/mol. The van der Waals surface area contributed by atoms with Gasteiger partial charge >= 0.3 is 0 Å². The van der Waals surface area contributed by atoms with Crippen molar-refractivity contribution in [1.82, 2.24) is 25.1 Å². The van der Waals surface area contributed by atoms with E-state index in [4.69, 9.17) is 0 Å². The Kier molecular flexibility index (Phi) is 4.70. The summed E-state index contributed by atoms with van der Waals surface area (Å²) in [6.45, 7) is 0. The Bertz CT molecular complexity index is 909. The molecule has 1 aliphatic carbocycles. The van der Waals surface area contributed by atoms with Crippen molar-refractivity contribution >= 4 is 27.5 Å². The van der Waals surface area contributed by atoms with Gasteiger partial charge in [0, 0.05) is 30.0 Å². The largest absolute Gasteiger partial charge is 0.352 e. The van der Waals surface area contributed by atoms with Crippen molar-refractivity contribution in [1.29, 1.82) is 0 Å². The van der Waals surface area contributed by atoms with Crippen LogP contribution < -0.4 is 5.32 Å². The average molecular weight is 393 g/mol. The zero-order chi connectivity index (χ0) is 18.1. The average Bonchev–Trinajstić information content (AvgIpc) is 3.28. The molecule has 3 heterocycles. The number of rotatable bonds is 6. The SMILES string of the molecule is O=C(CSc1nnc(-c2ccncc2)n1C1CC1)N[C@H]1CCS(=O)(=O)C1. The molecule has 0 aromatic carbocycles. The Morgan fingerprint density at radius 3 is 2.65 bits per heavy atom. The van der Waals surface area contributed by atoms with Gasteiger partial charge in [0.1, 0.15) is 0 Å². The van der Waals surface area contributed by atoms with Crippen LogP contribution in [-0.4, -0.2) is 57.4 Å². The van der Waals surface area contributed by atoms with Crippen LogP contribution in [-0.2, 0) is 14.6 Å². The predicted octanol–water partition coefficient (Wildman–Crippen LogP) is 1.07. The number of carbonyl (C=O) groups excluding carboxylic acids is 1. The molecule has 2 aliphatic rings. The minimum Gasteiger partial charge on any atom is -0.352 e. The number of sulfone groups is 1. The first-order valence-electron chi connectivity index (χ1n) is 8.50. The Balaban J connectivity index is 1.42. The highest BCUT2D eigenvalue weighted by atomic mass is 32.2. The molecular weight excluding hydrogens is 374 g/mol. The van der Waals surface area contributed by atoms with Crippen LogP contribution in [0.2, 0.25) is 0 Å². The molecular formula is C16H19N5O3S2. The summed E-state index contributed by atoms with van der Waals surface area (Å²) in [6.07, 6.45) is 6.09. The maximum Gasteiger partial charge on any atom is 0.230 e. The number of hydrogen-bond acceptors (Lipinski definition) is 7. The van der Waals surface area contributed by atoms with Crippen LogP contribution in [0.15, 0.2) is 29.7 Å². The molecule has 0 bridgehead atoms. The van der Waals surface area contributed by atoms with Gasteiger partial charge in [0.25, 0.3) is 0 Å². The van der Waals surface area contributed by atoms with Crippen LogP contribution in [0.3, 0.4) is 0 Å². The number of amides is 1. The third-order valence-corrected chi connectivity index (χ3v) is 7.16. The second-order valence-electron chi connectivity index (χ2n) is 6.60. The highest BCUT2D eigenvalue weighted by molar-refractivity contribution is 7.99. The van der Waals surface area contributed by atoms with Gasteiger partial charge in [-0.3, -0.25) is 14.3 Å². The molecule has 1 aliphatic heterocycles. The van der Waals surface area contributed by atoms with E-state index in [0.717, 1.165) is 24.2 Å². The Labute approximate surface area is 155 Å². The molecule has 8 nitrogen and oxygen atoms in total. The summed E-state index contributed by atoms with van der Waals surface area (Å²) in [7, 11) is -3.00. The van der Waals surface area contributed by atoms with Crippen LogP contribution in [0.4, 0.5) is 0 Å². The molecule has 1 atom stereocenters. The smallest absolute Gasteiger partial charge is 0.230 e. The molecule has 26 heavy (non-hydrogen) atoms. The number of hydrogen-bond donors (Lipinski definition) is 1. The lowest BCUT2D eigenvalue weighted by atomic mass is 10.2. The summed E-state index contributed by atoms with van der Waals surface area (Å²) in [5.41, 5.74) is 0.951. The normalized spacial score (nSPS) is 21.6. The van der Waals surface area contributed by atoms with Gasteiger partial charge in [-0.2, -0.15) is 0 Å². The van der Waals surface area contributed by atoms with Crippen molar-refractivity contribution in [3.63, 3.8) is 0 Å². The highest BCUT2D eigenvalue weighted by Gasteiger charge is 2.31. The predicted molar refractivity (Wildman–Crippen MR) is 97.4 cm³/mol.